The number of carboxylic acid groups (broad SMARTS) is 2. The first kappa shape index (κ1) is 20.6. The summed E-state index contributed by atoms with van der Waals surface area (Å²) in [5.74, 6) is -4.64. The predicted octanol–water partition coefficient (Wildman–Crippen LogP) is 0.547. The maximum absolute atomic E-state index is 12.1. The van der Waals surface area contributed by atoms with Crippen molar-refractivity contribution in [2.45, 2.75) is 0 Å². The Morgan fingerprint density at radius 1 is 1.14 bits per heavy atom. The largest absolute Gasteiger partial charge is 0.493 e. The van der Waals surface area contributed by atoms with E-state index < -0.39 is 52.5 Å². The van der Waals surface area contributed by atoms with Crippen molar-refractivity contribution in [1.82, 2.24) is 4.98 Å². The number of benzene rings is 1. The van der Waals surface area contributed by atoms with Gasteiger partial charge in [0, 0.05) is 17.2 Å². The van der Waals surface area contributed by atoms with E-state index in [2.05, 4.69) is 0 Å². The van der Waals surface area contributed by atoms with Crippen LogP contribution in [0.3, 0.4) is 0 Å². The highest BCUT2D eigenvalue weighted by Crippen LogP contribution is 2.41. The molecule has 148 valence electrons. The molecule has 2 aromatic rings. The van der Waals surface area contributed by atoms with Crippen LogP contribution >= 0.6 is 11.6 Å². The van der Waals surface area contributed by atoms with Gasteiger partial charge in [-0.2, -0.15) is 0 Å². The van der Waals surface area contributed by atoms with Crippen molar-refractivity contribution in [3.05, 3.63) is 38.6 Å². The van der Waals surface area contributed by atoms with Crippen LogP contribution in [0, 0.1) is 0 Å². The van der Waals surface area contributed by atoms with E-state index in [1.807, 2.05) is 4.98 Å². The number of rotatable bonds is 7. The summed E-state index contributed by atoms with van der Waals surface area (Å²) >= 11 is 6.18. The molecule has 7 N–H and O–H groups in total. The number of aromatic amines is 1. The number of carboxylic acids is 2. The van der Waals surface area contributed by atoms with Gasteiger partial charge in [0.1, 0.15) is 16.9 Å². The summed E-state index contributed by atoms with van der Waals surface area (Å²) in [6.07, 6.45) is 0. The van der Waals surface area contributed by atoms with Crippen molar-refractivity contribution >= 4 is 35.3 Å². The van der Waals surface area contributed by atoms with Gasteiger partial charge in [-0.25, -0.2) is 9.59 Å². The molecule has 1 aromatic carbocycles. The average Bonchev–Trinajstić information content (AvgIpc) is 2.58. The number of aromatic nitrogens is 1. The molecule has 2 rings (SSSR count). The van der Waals surface area contributed by atoms with Crippen LogP contribution in [0.25, 0.3) is 11.1 Å². The highest BCUT2D eigenvalue weighted by molar-refractivity contribution is 6.34. The molecule has 0 aliphatic rings. The predicted molar refractivity (Wildman–Crippen MR) is 97.1 cm³/mol. The summed E-state index contributed by atoms with van der Waals surface area (Å²) in [6.45, 7) is -0.495. The molecule has 0 saturated heterocycles. The maximum atomic E-state index is 12.1. The van der Waals surface area contributed by atoms with Gasteiger partial charge < -0.3 is 36.1 Å². The second-order valence-corrected chi connectivity index (χ2v) is 5.75. The summed E-state index contributed by atoms with van der Waals surface area (Å²) in [7, 11) is 1.24. The zero-order chi connectivity index (χ0) is 21.2. The number of hydrogen-bond acceptors (Lipinski definition) is 7. The lowest BCUT2D eigenvalue weighted by Crippen LogP contribution is -2.24. The Labute approximate surface area is 161 Å². The van der Waals surface area contributed by atoms with Crippen molar-refractivity contribution in [3.63, 3.8) is 0 Å². The summed E-state index contributed by atoms with van der Waals surface area (Å²) in [6, 6.07) is 2.32. The number of carbonyl (C=O) groups excluding carboxylic acids is 1. The van der Waals surface area contributed by atoms with Crippen LogP contribution in [-0.4, -0.2) is 46.8 Å². The molecule has 28 heavy (non-hydrogen) atoms. The Balaban J connectivity index is 2.87. The van der Waals surface area contributed by atoms with Gasteiger partial charge in [0.25, 0.3) is 11.5 Å². The molecule has 0 fully saturated rings. The first-order valence-electron chi connectivity index (χ1n) is 7.39. The monoisotopic (exact) mass is 411 g/mol. The molecule has 0 aliphatic carbocycles. The Morgan fingerprint density at radius 2 is 1.75 bits per heavy atom. The maximum Gasteiger partial charge on any atom is 0.342 e. The van der Waals surface area contributed by atoms with Crippen LogP contribution in [0.5, 0.6) is 11.5 Å². The quantitative estimate of drug-likeness (QED) is 0.432. The van der Waals surface area contributed by atoms with Gasteiger partial charge in [0.15, 0.2) is 18.1 Å². The van der Waals surface area contributed by atoms with Crippen LogP contribution in [0.2, 0.25) is 5.02 Å². The Kier molecular flexibility index (Phi) is 5.79. The summed E-state index contributed by atoms with van der Waals surface area (Å²) < 4.78 is 10.3. The van der Waals surface area contributed by atoms with Crippen molar-refractivity contribution in [3.8, 4) is 22.6 Å². The van der Waals surface area contributed by atoms with Gasteiger partial charge in [0.2, 0.25) is 0 Å². The minimum Gasteiger partial charge on any atom is -0.493 e. The molecule has 1 amide bonds. The second kappa shape index (κ2) is 7.88. The molecule has 0 radical (unpaired) electrons. The molecule has 0 unspecified atom stereocenters. The molecular weight excluding hydrogens is 398 g/mol. The third kappa shape index (κ3) is 3.83. The van der Waals surface area contributed by atoms with E-state index in [9.17, 15) is 29.4 Å². The lowest BCUT2D eigenvalue weighted by atomic mass is 9.95. The fourth-order valence-electron chi connectivity index (χ4n) is 2.46. The molecular formula is C16H14ClN3O8. The first-order chi connectivity index (χ1) is 13.1. The Morgan fingerprint density at radius 3 is 2.25 bits per heavy atom. The normalized spacial score (nSPS) is 10.4. The second-order valence-electron chi connectivity index (χ2n) is 5.34. The van der Waals surface area contributed by atoms with Gasteiger partial charge in [-0.15, -0.1) is 0 Å². The number of hydrogen-bond donors (Lipinski definition) is 5. The average molecular weight is 412 g/mol. The number of nitrogens with one attached hydrogen (secondary N) is 1. The summed E-state index contributed by atoms with van der Waals surface area (Å²) in [5.41, 5.74) is 7.28. The fourth-order valence-corrected chi connectivity index (χ4v) is 2.71. The number of carbonyl (C=O) groups is 3. The number of aromatic carboxylic acids is 2. The number of nitrogens with two attached hydrogens (primary N) is 2. The first-order valence-corrected chi connectivity index (χ1v) is 7.77. The third-order valence-corrected chi connectivity index (χ3v) is 3.88. The lowest BCUT2D eigenvalue weighted by molar-refractivity contribution is -0.119. The van der Waals surface area contributed by atoms with Gasteiger partial charge in [0.05, 0.1) is 12.1 Å². The fraction of sp³-hybridized carbons (Fsp3) is 0.125. The number of H-pyrrole nitrogens is 1. The molecule has 0 bridgehead atoms. The number of ether oxygens (including phenoxy) is 2. The van der Waals surface area contributed by atoms with Crippen molar-refractivity contribution in [2.24, 2.45) is 5.73 Å². The van der Waals surface area contributed by atoms with E-state index in [4.69, 9.17) is 32.5 Å². The van der Waals surface area contributed by atoms with E-state index in [0.29, 0.717) is 0 Å². The highest BCUT2D eigenvalue weighted by Gasteiger charge is 2.28. The third-order valence-electron chi connectivity index (χ3n) is 3.56. The minimum absolute atomic E-state index is 0.0124. The molecule has 0 aliphatic heterocycles. The van der Waals surface area contributed by atoms with Crippen molar-refractivity contribution < 1.29 is 34.1 Å². The number of amides is 1. The van der Waals surface area contributed by atoms with E-state index >= 15 is 0 Å². The smallest absolute Gasteiger partial charge is 0.342 e. The topological polar surface area (TPSA) is 195 Å². The zero-order valence-corrected chi connectivity index (χ0v) is 15.0. The molecule has 0 spiro atoms. The highest BCUT2D eigenvalue weighted by atomic mass is 35.5. The Hall–Kier alpha value is -3.73. The van der Waals surface area contributed by atoms with Crippen molar-refractivity contribution in [2.75, 3.05) is 19.5 Å². The van der Waals surface area contributed by atoms with Crippen molar-refractivity contribution in [1.29, 1.82) is 0 Å². The van der Waals surface area contributed by atoms with Gasteiger partial charge in [-0.05, 0) is 6.07 Å². The number of pyridine rings is 1. The van der Waals surface area contributed by atoms with Gasteiger partial charge >= 0.3 is 11.9 Å². The van der Waals surface area contributed by atoms with Crippen LogP contribution in [0.1, 0.15) is 20.7 Å². The SMILES string of the molecule is COc1cc(-c2c(C(=O)O)c(N)[nH]c(=O)c2C(=O)O)c(Cl)cc1OCC(N)=O. The zero-order valence-electron chi connectivity index (χ0n) is 14.2. The summed E-state index contributed by atoms with van der Waals surface area (Å²) in [5, 5.41) is 18.7. The van der Waals surface area contributed by atoms with E-state index in [-0.39, 0.29) is 22.1 Å². The van der Waals surface area contributed by atoms with Crippen LogP contribution in [0.15, 0.2) is 16.9 Å². The number of methoxy groups -OCH3 is 1. The minimum atomic E-state index is -1.69. The molecule has 0 atom stereocenters. The van der Waals surface area contributed by atoms with Crippen LogP contribution in [-0.2, 0) is 4.79 Å². The van der Waals surface area contributed by atoms with Crippen LogP contribution in [0.4, 0.5) is 5.82 Å². The molecule has 11 nitrogen and oxygen atoms in total. The van der Waals surface area contributed by atoms with Gasteiger partial charge in [-0.1, -0.05) is 11.6 Å². The van der Waals surface area contributed by atoms with E-state index in [1.54, 1.807) is 0 Å². The Bertz CT molecular complexity index is 1050. The number of primary amides is 1. The molecule has 1 heterocycles. The summed E-state index contributed by atoms with van der Waals surface area (Å²) in [4.78, 5) is 48.3. The molecule has 12 heteroatoms. The standard InChI is InChI=1S/C16H14ClN3O8/c1-27-7-2-5(6(17)3-8(7)28-4-9(18)21)10-11(15(23)24)13(19)20-14(22)12(10)16(25)26/h2-3H,4H2,1H3,(H2,18,21)(H,23,24)(H,25,26)(H3,19,20,22). The number of nitrogen functional groups attached to an aromatic ring is 1. The lowest BCUT2D eigenvalue weighted by Gasteiger charge is -2.16. The van der Waals surface area contributed by atoms with E-state index in [0.717, 1.165) is 12.1 Å². The van der Waals surface area contributed by atoms with E-state index in [1.165, 1.54) is 7.11 Å². The number of anilines is 1. The molecule has 0 saturated carbocycles. The number of halogens is 1. The van der Waals surface area contributed by atoms with Crippen LogP contribution < -0.4 is 26.5 Å². The van der Waals surface area contributed by atoms with Gasteiger partial charge in [-0.3, -0.25) is 9.59 Å². The molecule has 1 aromatic heterocycles.